The van der Waals surface area contributed by atoms with Crippen molar-refractivity contribution in [1.29, 1.82) is 0 Å². The van der Waals surface area contributed by atoms with Crippen LogP contribution in [0.25, 0.3) is 0 Å². The first-order valence-electron chi connectivity index (χ1n) is 9.18. The van der Waals surface area contributed by atoms with E-state index in [9.17, 15) is 9.59 Å². The van der Waals surface area contributed by atoms with Gasteiger partial charge in [-0.25, -0.2) is 4.98 Å². The maximum atomic E-state index is 12.9. The Labute approximate surface area is 170 Å². The number of nitrogens with one attached hydrogen (secondary N) is 1. The third-order valence-corrected chi connectivity index (χ3v) is 5.79. The Morgan fingerprint density at radius 2 is 2.03 bits per heavy atom. The van der Waals surface area contributed by atoms with Gasteiger partial charge in [0.2, 0.25) is 6.10 Å². The number of fused-ring (bicyclic) bond motifs is 2. The van der Waals surface area contributed by atoms with Crippen LogP contribution in [-0.4, -0.2) is 41.0 Å². The predicted molar refractivity (Wildman–Crippen MR) is 104 cm³/mol. The summed E-state index contributed by atoms with van der Waals surface area (Å²) in [6.07, 6.45) is 1.40. The number of nitrogens with zero attached hydrogens (tertiary/aromatic N) is 2. The average molecular weight is 411 g/mol. The molecule has 2 aliphatic heterocycles. The van der Waals surface area contributed by atoms with Crippen molar-refractivity contribution >= 4 is 28.3 Å². The first kappa shape index (κ1) is 17.7. The molecule has 1 aromatic carbocycles. The lowest BCUT2D eigenvalue weighted by Crippen LogP contribution is -2.47. The van der Waals surface area contributed by atoms with Crippen molar-refractivity contribution in [2.24, 2.45) is 0 Å². The summed E-state index contributed by atoms with van der Waals surface area (Å²) in [6, 6.07) is 10.6. The first-order valence-corrected chi connectivity index (χ1v) is 10.00. The van der Waals surface area contributed by atoms with E-state index in [0.29, 0.717) is 36.1 Å². The summed E-state index contributed by atoms with van der Waals surface area (Å²) in [7, 11) is 0. The lowest BCUT2D eigenvalue weighted by atomic mass is 10.1. The lowest BCUT2D eigenvalue weighted by molar-refractivity contribution is -0.142. The third-order valence-electron chi connectivity index (χ3n) is 4.79. The lowest BCUT2D eigenvalue weighted by Gasteiger charge is -2.32. The molecule has 2 aliphatic rings. The second-order valence-corrected chi connectivity index (χ2v) is 7.78. The summed E-state index contributed by atoms with van der Waals surface area (Å²) in [5, 5.41) is 3.24. The minimum atomic E-state index is -0.669. The van der Waals surface area contributed by atoms with Gasteiger partial charge in [0.05, 0.1) is 18.5 Å². The van der Waals surface area contributed by atoms with E-state index in [1.807, 2.05) is 18.2 Å². The second kappa shape index (κ2) is 7.25. The van der Waals surface area contributed by atoms with Gasteiger partial charge in [-0.15, -0.1) is 0 Å². The van der Waals surface area contributed by atoms with Crippen molar-refractivity contribution in [2.75, 3.05) is 18.5 Å². The number of carbonyl (C=O) groups is 2. The quantitative estimate of drug-likeness (QED) is 0.712. The van der Waals surface area contributed by atoms with Gasteiger partial charge in [-0.2, -0.15) is 0 Å². The third kappa shape index (κ3) is 3.44. The molecule has 0 fully saturated rings. The Bertz CT molecular complexity index is 1060. The fourth-order valence-corrected chi connectivity index (χ4v) is 4.37. The second-order valence-electron chi connectivity index (χ2n) is 6.69. The number of rotatable bonds is 3. The van der Waals surface area contributed by atoms with E-state index in [4.69, 9.17) is 13.9 Å². The van der Waals surface area contributed by atoms with Gasteiger partial charge < -0.3 is 18.8 Å². The number of ether oxygens (including phenoxy) is 2. The zero-order valence-corrected chi connectivity index (χ0v) is 16.1. The molecule has 148 valence electrons. The molecule has 4 heterocycles. The van der Waals surface area contributed by atoms with Gasteiger partial charge in [0.25, 0.3) is 11.8 Å². The summed E-state index contributed by atoms with van der Waals surface area (Å²) in [5.41, 5.74) is 0.903. The molecule has 0 bridgehead atoms. The smallest absolute Gasteiger partial charge is 0.293 e. The fourth-order valence-electron chi connectivity index (χ4n) is 3.35. The highest BCUT2D eigenvalue weighted by Gasteiger charge is 2.33. The Hall–Kier alpha value is -3.33. The number of para-hydroxylation sites is 2. The number of carbonyl (C=O) groups excluding carboxylic acids is 2. The standard InChI is InChI=1S/C20H17N3O5S/c24-18(15-6-3-9-26-15)22-20-21-12-7-8-23(10-17(12)29-20)19(25)16-11-27-13-4-1-2-5-14(13)28-16/h1-6,9,16H,7-8,10-11H2,(H,21,22,24). The molecule has 0 aliphatic carbocycles. The summed E-state index contributed by atoms with van der Waals surface area (Å²) in [6.45, 7) is 1.17. The molecule has 29 heavy (non-hydrogen) atoms. The number of hydrogen-bond acceptors (Lipinski definition) is 7. The predicted octanol–water partition coefficient (Wildman–Crippen LogP) is 2.71. The van der Waals surface area contributed by atoms with Crippen LogP contribution in [0.4, 0.5) is 5.13 Å². The molecule has 0 saturated heterocycles. The van der Waals surface area contributed by atoms with E-state index in [1.165, 1.54) is 17.6 Å². The topological polar surface area (TPSA) is 93.9 Å². The van der Waals surface area contributed by atoms with Crippen LogP contribution in [0.3, 0.4) is 0 Å². The van der Waals surface area contributed by atoms with Crippen LogP contribution in [0.2, 0.25) is 0 Å². The van der Waals surface area contributed by atoms with Crippen LogP contribution < -0.4 is 14.8 Å². The van der Waals surface area contributed by atoms with Crippen LogP contribution in [-0.2, 0) is 17.8 Å². The summed E-state index contributed by atoms with van der Waals surface area (Å²) in [4.78, 5) is 32.3. The molecule has 5 rings (SSSR count). The Morgan fingerprint density at radius 1 is 1.17 bits per heavy atom. The molecule has 1 N–H and O–H groups in total. The van der Waals surface area contributed by atoms with Crippen LogP contribution in [0.5, 0.6) is 11.5 Å². The van der Waals surface area contributed by atoms with Crippen LogP contribution >= 0.6 is 11.3 Å². The Kier molecular flexibility index (Phi) is 4.44. The number of benzene rings is 1. The normalized spacial score (nSPS) is 17.5. The van der Waals surface area contributed by atoms with Gasteiger partial charge in [-0.05, 0) is 24.3 Å². The van der Waals surface area contributed by atoms with Crippen molar-refractivity contribution in [2.45, 2.75) is 19.1 Å². The molecule has 2 amide bonds. The van der Waals surface area contributed by atoms with E-state index in [-0.39, 0.29) is 24.2 Å². The van der Waals surface area contributed by atoms with Gasteiger partial charge in [0, 0.05) is 17.8 Å². The van der Waals surface area contributed by atoms with E-state index in [1.54, 1.807) is 23.1 Å². The van der Waals surface area contributed by atoms with Crippen molar-refractivity contribution in [1.82, 2.24) is 9.88 Å². The largest absolute Gasteiger partial charge is 0.485 e. The number of hydrogen-bond donors (Lipinski definition) is 1. The Morgan fingerprint density at radius 3 is 2.86 bits per heavy atom. The number of furan rings is 1. The summed E-state index contributed by atoms with van der Waals surface area (Å²) >= 11 is 1.37. The SMILES string of the molecule is O=C(Nc1nc2c(s1)CN(C(=O)C1COc3ccccc3O1)CC2)c1ccco1. The zero-order valence-electron chi connectivity index (χ0n) is 15.3. The number of anilines is 1. The minimum absolute atomic E-state index is 0.111. The molecular weight excluding hydrogens is 394 g/mol. The molecule has 0 radical (unpaired) electrons. The molecular formula is C20H17N3O5S. The monoisotopic (exact) mass is 411 g/mol. The maximum absolute atomic E-state index is 12.9. The minimum Gasteiger partial charge on any atom is -0.485 e. The van der Waals surface area contributed by atoms with Gasteiger partial charge in [-0.3, -0.25) is 14.9 Å². The Balaban J connectivity index is 1.26. The summed E-state index contributed by atoms with van der Waals surface area (Å²) < 4.78 is 16.6. The highest BCUT2D eigenvalue weighted by atomic mass is 32.1. The average Bonchev–Trinajstić information content (AvgIpc) is 3.42. The molecule has 0 saturated carbocycles. The van der Waals surface area contributed by atoms with E-state index < -0.39 is 6.10 Å². The van der Waals surface area contributed by atoms with Crippen molar-refractivity contribution in [3.63, 3.8) is 0 Å². The summed E-state index contributed by atoms with van der Waals surface area (Å²) in [5.74, 6) is 0.997. The van der Waals surface area contributed by atoms with Gasteiger partial charge in [-0.1, -0.05) is 23.5 Å². The number of amides is 2. The van der Waals surface area contributed by atoms with Crippen LogP contribution in [0.15, 0.2) is 47.1 Å². The first-order chi connectivity index (χ1) is 14.2. The molecule has 0 spiro atoms. The van der Waals surface area contributed by atoms with Crippen molar-refractivity contribution < 1.29 is 23.5 Å². The van der Waals surface area contributed by atoms with Crippen molar-refractivity contribution in [3.05, 3.63) is 59.0 Å². The van der Waals surface area contributed by atoms with Gasteiger partial charge in [0.15, 0.2) is 22.4 Å². The van der Waals surface area contributed by atoms with E-state index in [2.05, 4.69) is 10.3 Å². The van der Waals surface area contributed by atoms with Gasteiger partial charge >= 0.3 is 0 Å². The van der Waals surface area contributed by atoms with Crippen molar-refractivity contribution in [3.8, 4) is 11.5 Å². The number of thiazole rings is 1. The highest BCUT2D eigenvalue weighted by Crippen LogP contribution is 2.33. The van der Waals surface area contributed by atoms with Crippen LogP contribution in [0.1, 0.15) is 21.1 Å². The molecule has 1 unspecified atom stereocenters. The molecule has 2 aromatic heterocycles. The number of aromatic nitrogens is 1. The molecule has 9 heteroatoms. The van der Waals surface area contributed by atoms with E-state index >= 15 is 0 Å². The van der Waals surface area contributed by atoms with E-state index in [0.717, 1.165) is 10.6 Å². The zero-order chi connectivity index (χ0) is 19.8. The van der Waals surface area contributed by atoms with Crippen LogP contribution in [0, 0.1) is 0 Å². The molecule has 8 nitrogen and oxygen atoms in total. The highest BCUT2D eigenvalue weighted by molar-refractivity contribution is 7.15. The molecule has 1 atom stereocenters. The fraction of sp³-hybridized carbons (Fsp3) is 0.250. The molecule has 3 aromatic rings. The maximum Gasteiger partial charge on any atom is 0.293 e. The van der Waals surface area contributed by atoms with Gasteiger partial charge in [0.1, 0.15) is 6.61 Å².